The van der Waals surface area contributed by atoms with E-state index >= 15 is 0 Å². The third kappa shape index (κ3) is 2.45. The minimum Gasteiger partial charge on any atom is -0.212 e. The summed E-state index contributed by atoms with van der Waals surface area (Å²) in [5.74, 6) is 0.118. The van der Waals surface area contributed by atoms with Crippen molar-refractivity contribution in [3.05, 3.63) is 24.1 Å². The zero-order chi connectivity index (χ0) is 7.44. The van der Waals surface area contributed by atoms with Crippen molar-refractivity contribution >= 4 is 0 Å². The van der Waals surface area contributed by atoms with E-state index in [1.807, 2.05) is 13.8 Å². The molecule has 0 heterocycles. The van der Waals surface area contributed by atoms with E-state index in [0.29, 0.717) is 5.57 Å². The molecule has 0 rings (SSSR count). The van der Waals surface area contributed by atoms with E-state index in [2.05, 4.69) is 6.58 Å². The molecule has 0 fully saturated rings. The first-order chi connectivity index (χ1) is 4.09. The molecular formula is C8H13F. The second-order valence-electron chi connectivity index (χ2n) is 2.35. The van der Waals surface area contributed by atoms with Gasteiger partial charge in [0.05, 0.1) is 0 Å². The highest BCUT2D eigenvalue weighted by Crippen LogP contribution is 2.15. The number of allylic oxidation sites excluding steroid dienone is 3. The second kappa shape index (κ2) is 3.44. The Morgan fingerprint density at radius 2 is 2.00 bits per heavy atom. The molecule has 0 aliphatic rings. The highest BCUT2D eigenvalue weighted by Gasteiger charge is 2.01. The first-order valence-electron chi connectivity index (χ1n) is 3.08. The lowest BCUT2D eigenvalue weighted by Crippen LogP contribution is -1.91. The molecule has 0 amide bonds. The van der Waals surface area contributed by atoms with Crippen LogP contribution in [0.5, 0.6) is 0 Å². The van der Waals surface area contributed by atoms with Crippen LogP contribution in [0.3, 0.4) is 0 Å². The topological polar surface area (TPSA) is 0 Å². The van der Waals surface area contributed by atoms with Gasteiger partial charge in [0, 0.05) is 0 Å². The molecular weight excluding hydrogens is 115 g/mol. The van der Waals surface area contributed by atoms with E-state index in [0.717, 1.165) is 0 Å². The molecule has 0 spiro atoms. The summed E-state index contributed by atoms with van der Waals surface area (Å²) in [6, 6.07) is 0. The van der Waals surface area contributed by atoms with Crippen LogP contribution in [-0.4, -0.2) is 0 Å². The molecule has 0 aromatic heterocycles. The summed E-state index contributed by atoms with van der Waals surface area (Å²) in [5, 5.41) is 0. The predicted octanol–water partition coefficient (Wildman–Crippen LogP) is 3.07. The van der Waals surface area contributed by atoms with E-state index in [9.17, 15) is 4.39 Å². The zero-order valence-corrected chi connectivity index (χ0v) is 6.24. The van der Waals surface area contributed by atoms with E-state index in [1.54, 1.807) is 6.08 Å². The molecule has 9 heavy (non-hydrogen) atoms. The number of hydrogen-bond donors (Lipinski definition) is 0. The first kappa shape index (κ1) is 8.41. The van der Waals surface area contributed by atoms with Crippen LogP contribution in [-0.2, 0) is 0 Å². The average Bonchev–Trinajstić information content (AvgIpc) is 1.64. The Morgan fingerprint density at radius 1 is 1.56 bits per heavy atom. The normalized spacial score (nSPS) is 13.4. The summed E-state index contributed by atoms with van der Waals surface area (Å²) < 4.78 is 12.4. The van der Waals surface area contributed by atoms with Crippen LogP contribution in [0.1, 0.15) is 20.8 Å². The Bertz CT molecular complexity index is 128. The molecule has 0 atom stereocenters. The lowest BCUT2D eigenvalue weighted by atomic mass is 10.0. The minimum atomic E-state index is -0.125. The summed E-state index contributed by atoms with van der Waals surface area (Å²) in [6.07, 6.45) is 1.57. The molecule has 0 aliphatic carbocycles. The maximum Gasteiger partial charge on any atom is 0.100 e. The largest absolute Gasteiger partial charge is 0.212 e. The van der Waals surface area contributed by atoms with Crippen molar-refractivity contribution in [3.8, 4) is 0 Å². The Hall–Kier alpha value is -0.590. The summed E-state index contributed by atoms with van der Waals surface area (Å²) in [7, 11) is 0. The van der Waals surface area contributed by atoms with Gasteiger partial charge in [-0.1, -0.05) is 26.5 Å². The van der Waals surface area contributed by atoms with Gasteiger partial charge >= 0.3 is 0 Å². The fourth-order valence-electron chi connectivity index (χ4n) is 0.774. The molecule has 0 aliphatic heterocycles. The third-order valence-electron chi connectivity index (χ3n) is 1.24. The van der Waals surface area contributed by atoms with Gasteiger partial charge in [-0.3, -0.25) is 0 Å². The molecule has 52 valence electrons. The molecule has 0 aromatic rings. The standard InChI is InChI=1S/C8H13F/c1-5-8(6(2)3)7(4)9/h5-6H,1H2,2-4H3/b8-7-. The molecule has 0 nitrogen and oxygen atoms in total. The molecule has 1 heteroatoms. The van der Waals surface area contributed by atoms with E-state index in [-0.39, 0.29) is 11.7 Å². The molecule has 0 bridgehead atoms. The summed E-state index contributed by atoms with van der Waals surface area (Å²) in [6.45, 7) is 8.85. The van der Waals surface area contributed by atoms with Gasteiger partial charge in [0.2, 0.25) is 0 Å². The van der Waals surface area contributed by atoms with Crippen LogP contribution in [0.4, 0.5) is 4.39 Å². The summed E-state index contributed by atoms with van der Waals surface area (Å²) in [5.41, 5.74) is 0.704. The molecule has 0 saturated carbocycles. The number of hydrogen-bond acceptors (Lipinski definition) is 0. The molecule has 0 unspecified atom stereocenters. The lowest BCUT2D eigenvalue weighted by Gasteiger charge is -2.04. The van der Waals surface area contributed by atoms with E-state index < -0.39 is 0 Å². The Kier molecular flexibility index (Phi) is 3.21. The molecule has 0 saturated heterocycles. The highest BCUT2D eigenvalue weighted by molar-refractivity contribution is 5.20. The van der Waals surface area contributed by atoms with E-state index in [4.69, 9.17) is 0 Å². The van der Waals surface area contributed by atoms with Crippen molar-refractivity contribution in [2.45, 2.75) is 20.8 Å². The van der Waals surface area contributed by atoms with Gasteiger partial charge in [0.25, 0.3) is 0 Å². The highest BCUT2D eigenvalue weighted by atomic mass is 19.1. The van der Waals surface area contributed by atoms with Crippen LogP contribution in [0, 0.1) is 5.92 Å². The second-order valence-corrected chi connectivity index (χ2v) is 2.35. The number of halogens is 1. The summed E-state index contributed by atoms with van der Waals surface area (Å²) >= 11 is 0. The van der Waals surface area contributed by atoms with Crippen molar-refractivity contribution < 1.29 is 4.39 Å². The fourth-order valence-corrected chi connectivity index (χ4v) is 0.774. The lowest BCUT2D eigenvalue weighted by molar-refractivity contribution is 0.605. The van der Waals surface area contributed by atoms with Crippen molar-refractivity contribution in [2.75, 3.05) is 0 Å². The first-order valence-corrected chi connectivity index (χ1v) is 3.08. The quantitative estimate of drug-likeness (QED) is 0.501. The molecule has 0 radical (unpaired) electrons. The van der Waals surface area contributed by atoms with Crippen LogP contribution in [0.25, 0.3) is 0 Å². The van der Waals surface area contributed by atoms with Crippen molar-refractivity contribution in [1.82, 2.24) is 0 Å². The summed E-state index contributed by atoms with van der Waals surface area (Å²) in [4.78, 5) is 0. The predicted molar refractivity (Wildman–Crippen MR) is 38.8 cm³/mol. The number of rotatable bonds is 2. The van der Waals surface area contributed by atoms with E-state index in [1.165, 1.54) is 6.92 Å². The fraction of sp³-hybridized carbons (Fsp3) is 0.500. The van der Waals surface area contributed by atoms with Crippen LogP contribution < -0.4 is 0 Å². The Balaban J connectivity index is 4.34. The SMILES string of the molecule is C=C/C(=C(\C)F)C(C)C. The van der Waals surface area contributed by atoms with Gasteiger partial charge in [-0.2, -0.15) is 0 Å². The van der Waals surface area contributed by atoms with Crippen molar-refractivity contribution in [3.63, 3.8) is 0 Å². The monoisotopic (exact) mass is 128 g/mol. The Labute approximate surface area is 56.1 Å². The average molecular weight is 128 g/mol. The van der Waals surface area contributed by atoms with Gasteiger partial charge in [-0.25, -0.2) is 4.39 Å². The Morgan fingerprint density at radius 3 is 2.00 bits per heavy atom. The van der Waals surface area contributed by atoms with Crippen molar-refractivity contribution in [1.29, 1.82) is 0 Å². The van der Waals surface area contributed by atoms with Gasteiger partial charge in [-0.05, 0) is 18.4 Å². The maximum absolute atomic E-state index is 12.4. The van der Waals surface area contributed by atoms with Gasteiger partial charge in [0.15, 0.2) is 0 Å². The zero-order valence-electron chi connectivity index (χ0n) is 6.24. The van der Waals surface area contributed by atoms with Gasteiger partial charge in [0.1, 0.15) is 5.83 Å². The minimum absolute atomic E-state index is 0.125. The molecule has 0 N–H and O–H groups in total. The van der Waals surface area contributed by atoms with Crippen LogP contribution >= 0.6 is 0 Å². The van der Waals surface area contributed by atoms with Gasteiger partial charge in [-0.15, -0.1) is 0 Å². The smallest absolute Gasteiger partial charge is 0.100 e. The third-order valence-corrected chi connectivity index (χ3v) is 1.24. The van der Waals surface area contributed by atoms with Crippen LogP contribution in [0.2, 0.25) is 0 Å². The maximum atomic E-state index is 12.4. The van der Waals surface area contributed by atoms with Crippen LogP contribution in [0.15, 0.2) is 24.1 Å². The van der Waals surface area contributed by atoms with Crippen molar-refractivity contribution in [2.24, 2.45) is 5.92 Å². The van der Waals surface area contributed by atoms with Gasteiger partial charge < -0.3 is 0 Å². The molecule has 0 aromatic carbocycles.